The molecule has 0 amide bonds. The predicted octanol–water partition coefficient (Wildman–Crippen LogP) is 5.03. The van der Waals surface area contributed by atoms with E-state index in [1.165, 1.54) is 24.8 Å². The van der Waals surface area contributed by atoms with E-state index in [0.29, 0.717) is 18.7 Å². The summed E-state index contributed by atoms with van der Waals surface area (Å²) in [6, 6.07) is 17.9. The van der Waals surface area contributed by atoms with Crippen LogP contribution in [-0.2, 0) is 6.54 Å². The Labute approximate surface area is 211 Å². The number of rotatable bonds is 9. The number of benzene rings is 2. The molecule has 2 heterocycles. The highest BCUT2D eigenvalue weighted by Crippen LogP contribution is 2.34. The van der Waals surface area contributed by atoms with Crippen molar-refractivity contribution in [3.8, 4) is 5.75 Å². The lowest BCUT2D eigenvalue weighted by Crippen LogP contribution is -2.35. The van der Waals surface area contributed by atoms with Crippen LogP contribution in [0, 0.1) is 0 Å². The van der Waals surface area contributed by atoms with Crippen molar-refractivity contribution in [2.75, 3.05) is 13.2 Å². The van der Waals surface area contributed by atoms with Crippen LogP contribution in [0.25, 0.3) is 10.9 Å². The minimum atomic E-state index is -0.393. The zero-order valence-corrected chi connectivity index (χ0v) is 21.1. The summed E-state index contributed by atoms with van der Waals surface area (Å²) in [5, 5.41) is 14.0. The molecule has 0 aliphatic heterocycles. The molecule has 0 radical (unpaired) electrons. The molecule has 5 rings (SSSR count). The molecule has 2 aromatic heterocycles. The molecule has 1 fully saturated rings. The van der Waals surface area contributed by atoms with Gasteiger partial charge in [0, 0.05) is 23.0 Å². The highest BCUT2D eigenvalue weighted by molar-refractivity contribution is 5.80. The number of aromatic amines is 1. The van der Waals surface area contributed by atoms with Crippen molar-refractivity contribution in [2.24, 2.45) is 0 Å². The first-order valence-corrected chi connectivity index (χ1v) is 13.0. The number of hydrogen-bond acceptors (Lipinski definition) is 6. The Bertz CT molecular complexity index is 1340. The highest BCUT2D eigenvalue weighted by atomic mass is 16.5. The van der Waals surface area contributed by atoms with Crippen molar-refractivity contribution in [3.63, 3.8) is 0 Å². The van der Waals surface area contributed by atoms with E-state index < -0.39 is 6.04 Å². The van der Waals surface area contributed by atoms with Crippen LogP contribution in [0.5, 0.6) is 5.75 Å². The molecule has 1 N–H and O–H groups in total. The Balaban J connectivity index is 1.64. The summed E-state index contributed by atoms with van der Waals surface area (Å²) in [6.45, 7) is 6.07. The van der Waals surface area contributed by atoms with Crippen LogP contribution >= 0.6 is 0 Å². The van der Waals surface area contributed by atoms with Crippen molar-refractivity contribution in [1.29, 1.82) is 0 Å². The normalized spacial score (nSPS) is 15.4. The van der Waals surface area contributed by atoms with Crippen LogP contribution in [0.2, 0.25) is 0 Å². The molecule has 1 aliphatic rings. The van der Waals surface area contributed by atoms with Crippen LogP contribution in [0.4, 0.5) is 0 Å². The van der Waals surface area contributed by atoms with Gasteiger partial charge < -0.3 is 9.72 Å². The third kappa shape index (κ3) is 5.04. The SMILES string of the molecule is CCOc1ccc2[nH]c(=O)c([C@@H](c3nnnn3C3CCCCC3)N(CC)Cc3ccccc3)cc2c1. The van der Waals surface area contributed by atoms with Crippen molar-refractivity contribution in [2.45, 2.75) is 64.6 Å². The van der Waals surface area contributed by atoms with Crippen molar-refractivity contribution < 1.29 is 4.74 Å². The number of pyridine rings is 1. The second kappa shape index (κ2) is 11.0. The minimum absolute atomic E-state index is 0.124. The minimum Gasteiger partial charge on any atom is -0.494 e. The molecule has 1 aliphatic carbocycles. The van der Waals surface area contributed by atoms with Gasteiger partial charge in [-0.05, 0) is 66.6 Å². The molecule has 1 saturated carbocycles. The second-order valence-corrected chi connectivity index (χ2v) is 9.46. The predicted molar refractivity (Wildman–Crippen MR) is 140 cm³/mol. The monoisotopic (exact) mass is 486 g/mol. The number of fused-ring (bicyclic) bond motifs is 1. The summed E-state index contributed by atoms with van der Waals surface area (Å²) >= 11 is 0. The zero-order valence-electron chi connectivity index (χ0n) is 21.1. The number of H-pyrrole nitrogens is 1. The first-order chi connectivity index (χ1) is 17.7. The lowest BCUT2D eigenvalue weighted by molar-refractivity contribution is 0.204. The standard InChI is InChI=1S/C28H34N6O2/c1-3-33(19-20-11-7-5-8-12-20)26(27-30-31-32-34(27)22-13-9-6-10-14-22)24-18-21-17-23(36-4-2)15-16-25(21)29-28(24)35/h5,7-8,11-12,15-18,22,26H,3-4,6,9-10,13-14,19H2,1-2H3,(H,29,35)/t26-/m0/s1. The number of nitrogens with one attached hydrogen (secondary N) is 1. The van der Waals surface area contributed by atoms with Gasteiger partial charge >= 0.3 is 0 Å². The molecule has 2 aromatic carbocycles. The molecule has 0 spiro atoms. The highest BCUT2D eigenvalue weighted by Gasteiger charge is 2.32. The first-order valence-electron chi connectivity index (χ1n) is 13.0. The fourth-order valence-electron chi connectivity index (χ4n) is 5.33. The summed E-state index contributed by atoms with van der Waals surface area (Å²) < 4.78 is 7.71. The lowest BCUT2D eigenvalue weighted by atomic mass is 9.95. The van der Waals surface area contributed by atoms with E-state index in [2.05, 4.69) is 44.5 Å². The van der Waals surface area contributed by atoms with Crippen molar-refractivity contribution in [3.05, 3.63) is 81.9 Å². The largest absolute Gasteiger partial charge is 0.494 e. The van der Waals surface area contributed by atoms with Gasteiger partial charge in [-0.2, -0.15) is 0 Å². The van der Waals surface area contributed by atoms with E-state index in [4.69, 9.17) is 4.74 Å². The summed E-state index contributed by atoms with van der Waals surface area (Å²) in [6.07, 6.45) is 5.71. The average Bonchev–Trinajstić information content (AvgIpc) is 3.39. The first kappa shape index (κ1) is 24.2. The molecule has 8 heteroatoms. The van der Waals surface area contributed by atoms with Gasteiger partial charge in [-0.3, -0.25) is 9.69 Å². The van der Waals surface area contributed by atoms with Crippen LogP contribution in [-0.4, -0.2) is 43.2 Å². The molecule has 36 heavy (non-hydrogen) atoms. The van der Waals surface area contributed by atoms with E-state index in [0.717, 1.165) is 41.9 Å². The summed E-state index contributed by atoms with van der Waals surface area (Å²) in [5.74, 6) is 1.51. The summed E-state index contributed by atoms with van der Waals surface area (Å²) in [4.78, 5) is 18.9. The maximum atomic E-state index is 13.5. The van der Waals surface area contributed by atoms with E-state index in [1.54, 1.807) is 0 Å². The Hall–Kier alpha value is -3.52. The van der Waals surface area contributed by atoms with Crippen LogP contribution < -0.4 is 10.3 Å². The number of hydrogen-bond donors (Lipinski definition) is 1. The van der Waals surface area contributed by atoms with Gasteiger partial charge in [0.1, 0.15) is 11.8 Å². The summed E-state index contributed by atoms with van der Waals surface area (Å²) in [7, 11) is 0. The zero-order chi connectivity index (χ0) is 24.9. The quantitative estimate of drug-likeness (QED) is 0.357. The second-order valence-electron chi connectivity index (χ2n) is 9.46. The van der Waals surface area contributed by atoms with Gasteiger partial charge in [-0.25, -0.2) is 4.68 Å². The fraction of sp³-hybridized carbons (Fsp3) is 0.429. The topological polar surface area (TPSA) is 88.9 Å². The van der Waals surface area contributed by atoms with E-state index in [-0.39, 0.29) is 11.6 Å². The third-order valence-corrected chi connectivity index (χ3v) is 7.13. The van der Waals surface area contributed by atoms with E-state index in [9.17, 15) is 4.79 Å². The number of tetrazole rings is 1. The van der Waals surface area contributed by atoms with Gasteiger partial charge in [0.15, 0.2) is 5.82 Å². The molecular weight excluding hydrogens is 452 g/mol. The maximum absolute atomic E-state index is 13.5. The van der Waals surface area contributed by atoms with E-state index >= 15 is 0 Å². The smallest absolute Gasteiger partial charge is 0.253 e. The average molecular weight is 487 g/mol. The van der Waals surface area contributed by atoms with E-state index in [1.807, 2.05) is 54.1 Å². The number of nitrogens with zero attached hydrogens (tertiary/aromatic N) is 5. The molecule has 1 atom stereocenters. The van der Waals surface area contributed by atoms with Gasteiger partial charge in [0.25, 0.3) is 5.56 Å². The van der Waals surface area contributed by atoms with Crippen LogP contribution in [0.15, 0.2) is 59.4 Å². The molecule has 4 aromatic rings. The van der Waals surface area contributed by atoms with Gasteiger partial charge in [-0.1, -0.05) is 56.5 Å². The summed E-state index contributed by atoms with van der Waals surface area (Å²) in [5.41, 5.74) is 2.47. The molecule has 0 unspecified atom stereocenters. The Morgan fingerprint density at radius 1 is 1.08 bits per heavy atom. The van der Waals surface area contributed by atoms with Gasteiger partial charge in [0.05, 0.1) is 12.6 Å². The molecule has 188 valence electrons. The fourth-order valence-corrected chi connectivity index (χ4v) is 5.33. The van der Waals surface area contributed by atoms with Gasteiger partial charge in [-0.15, -0.1) is 5.10 Å². The van der Waals surface area contributed by atoms with Crippen molar-refractivity contribution in [1.82, 2.24) is 30.1 Å². The Morgan fingerprint density at radius 2 is 1.89 bits per heavy atom. The van der Waals surface area contributed by atoms with Crippen molar-refractivity contribution >= 4 is 10.9 Å². The van der Waals surface area contributed by atoms with Gasteiger partial charge in [0.2, 0.25) is 0 Å². The number of ether oxygens (including phenoxy) is 1. The van der Waals surface area contributed by atoms with Crippen LogP contribution in [0.1, 0.15) is 75.0 Å². The molecule has 0 bridgehead atoms. The van der Waals surface area contributed by atoms with Crippen LogP contribution in [0.3, 0.4) is 0 Å². The molecule has 0 saturated heterocycles. The Kier molecular flexibility index (Phi) is 7.41. The Morgan fingerprint density at radius 3 is 2.64 bits per heavy atom. The number of aromatic nitrogens is 5. The molecule has 8 nitrogen and oxygen atoms in total. The molecular formula is C28H34N6O2. The third-order valence-electron chi connectivity index (χ3n) is 7.13. The lowest BCUT2D eigenvalue weighted by Gasteiger charge is -2.32. The maximum Gasteiger partial charge on any atom is 0.253 e.